The van der Waals surface area contributed by atoms with Crippen LogP contribution in [0.15, 0.2) is 70.4 Å². The van der Waals surface area contributed by atoms with Crippen LogP contribution in [-0.2, 0) is 0 Å². The van der Waals surface area contributed by atoms with Crippen molar-refractivity contribution in [1.29, 1.82) is 0 Å². The monoisotopic (exact) mass is 347 g/mol. The minimum atomic E-state index is 0.654. The minimum Gasteiger partial charge on any atom is -0.493 e. The molecule has 4 aromatic rings. The largest absolute Gasteiger partial charge is 0.493 e. The number of methoxy groups -OCH3 is 2. The summed E-state index contributed by atoms with van der Waals surface area (Å²) in [4.78, 5) is 9.31. The zero-order valence-corrected chi connectivity index (χ0v) is 14.4. The third kappa shape index (κ3) is 2.82. The normalized spacial score (nSPS) is 11.3. The summed E-state index contributed by atoms with van der Waals surface area (Å²) in [6.45, 7) is 0. The van der Waals surface area contributed by atoms with E-state index in [1.165, 1.54) is 0 Å². The van der Waals surface area contributed by atoms with Crippen LogP contribution < -0.4 is 9.47 Å². The van der Waals surface area contributed by atoms with Gasteiger partial charge in [-0.15, -0.1) is 0 Å². The van der Waals surface area contributed by atoms with Crippen molar-refractivity contribution in [2.24, 2.45) is 4.99 Å². The number of ether oxygens (including phenoxy) is 2. The van der Waals surface area contributed by atoms with Gasteiger partial charge >= 0.3 is 0 Å². The molecule has 0 saturated carbocycles. The number of furan rings is 1. The van der Waals surface area contributed by atoms with E-state index in [1.54, 1.807) is 26.7 Å². The van der Waals surface area contributed by atoms with Crippen LogP contribution >= 0.6 is 0 Å². The van der Waals surface area contributed by atoms with Crippen molar-refractivity contribution in [2.75, 3.05) is 14.2 Å². The lowest BCUT2D eigenvalue weighted by atomic mass is 10.2. The van der Waals surface area contributed by atoms with Crippen molar-refractivity contribution in [3.05, 3.63) is 66.6 Å². The van der Waals surface area contributed by atoms with Gasteiger partial charge in [0.2, 0.25) is 0 Å². The molecular weight excluding hydrogens is 330 g/mol. The molecule has 0 N–H and O–H groups in total. The summed E-state index contributed by atoms with van der Waals surface area (Å²) >= 11 is 0. The highest BCUT2D eigenvalue weighted by atomic mass is 16.5. The Morgan fingerprint density at radius 2 is 1.92 bits per heavy atom. The topological polar surface area (TPSA) is 61.3 Å². The van der Waals surface area contributed by atoms with E-state index >= 15 is 0 Å². The smallest absolute Gasteiger partial charge is 0.168 e. The summed E-state index contributed by atoms with van der Waals surface area (Å²) in [5.74, 6) is 2.70. The molecule has 0 spiro atoms. The van der Waals surface area contributed by atoms with Crippen LogP contribution in [0.2, 0.25) is 0 Å². The predicted molar refractivity (Wildman–Crippen MR) is 99.7 cm³/mol. The fourth-order valence-corrected chi connectivity index (χ4v) is 2.75. The zero-order chi connectivity index (χ0) is 17.9. The quantitative estimate of drug-likeness (QED) is 0.503. The fraction of sp³-hybridized carbons (Fsp3) is 0.100. The number of nitrogens with zero attached hydrogens (tertiary/aromatic N) is 3. The molecular formula is C20H17N3O3. The first-order valence-corrected chi connectivity index (χ1v) is 8.07. The van der Waals surface area contributed by atoms with Gasteiger partial charge in [-0.2, -0.15) is 0 Å². The van der Waals surface area contributed by atoms with Gasteiger partial charge in [0, 0.05) is 12.4 Å². The van der Waals surface area contributed by atoms with Gasteiger partial charge in [0.1, 0.15) is 5.65 Å². The number of aromatic nitrogens is 2. The summed E-state index contributed by atoms with van der Waals surface area (Å²) in [5.41, 5.74) is 2.38. The minimum absolute atomic E-state index is 0.654. The van der Waals surface area contributed by atoms with E-state index in [0.717, 1.165) is 11.2 Å². The molecule has 0 saturated heterocycles. The van der Waals surface area contributed by atoms with Crippen LogP contribution in [0.25, 0.3) is 17.1 Å². The van der Waals surface area contributed by atoms with Gasteiger partial charge in [-0.1, -0.05) is 6.07 Å². The predicted octanol–water partition coefficient (Wildman–Crippen LogP) is 4.36. The van der Waals surface area contributed by atoms with Crippen molar-refractivity contribution in [3.63, 3.8) is 0 Å². The molecule has 0 unspecified atom stereocenters. The van der Waals surface area contributed by atoms with Gasteiger partial charge in [-0.05, 0) is 48.0 Å². The molecule has 4 rings (SSSR count). The molecule has 0 radical (unpaired) electrons. The van der Waals surface area contributed by atoms with Gasteiger partial charge < -0.3 is 13.9 Å². The SMILES string of the molecule is COc1ccc(/C=N/c2c(-c3ccco3)nc3ccccn23)cc1OC. The second-order valence-corrected chi connectivity index (χ2v) is 5.56. The van der Waals surface area contributed by atoms with Crippen molar-refractivity contribution in [3.8, 4) is 23.0 Å². The van der Waals surface area contributed by atoms with Gasteiger partial charge in [0.05, 0.1) is 20.5 Å². The molecule has 0 aliphatic heterocycles. The Balaban J connectivity index is 1.79. The highest BCUT2D eigenvalue weighted by Gasteiger charge is 2.15. The van der Waals surface area contributed by atoms with Crippen LogP contribution in [-0.4, -0.2) is 29.8 Å². The van der Waals surface area contributed by atoms with Crippen molar-refractivity contribution in [1.82, 2.24) is 9.38 Å². The molecule has 0 fully saturated rings. The molecule has 0 atom stereocenters. The number of aliphatic imine (C=N–C) groups is 1. The van der Waals surface area contributed by atoms with Crippen LogP contribution in [0, 0.1) is 0 Å². The molecule has 26 heavy (non-hydrogen) atoms. The number of benzene rings is 1. The Morgan fingerprint density at radius 1 is 1.04 bits per heavy atom. The van der Waals surface area contributed by atoms with Crippen LogP contribution in [0.5, 0.6) is 11.5 Å². The standard InChI is InChI=1S/C20H17N3O3/c1-24-15-9-8-14(12-17(15)25-2)13-21-20-19(16-6-5-11-26-16)22-18-7-3-4-10-23(18)20/h3-13H,1-2H3/b21-13+. The molecule has 130 valence electrons. The number of fused-ring (bicyclic) bond motifs is 1. The Kier molecular flexibility index (Phi) is 4.15. The van der Waals surface area contributed by atoms with Gasteiger partial charge in [0.25, 0.3) is 0 Å². The first-order chi connectivity index (χ1) is 12.8. The van der Waals surface area contributed by atoms with Gasteiger partial charge in [-0.25, -0.2) is 9.98 Å². The average Bonchev–Trinajstić information content (AvgIpc) is 3.33. The van der Waals surface area contributed by atoms with Gasteiger partial charge in [0.15, 0.2) is 28.8 Å². The molecule has 1 aromatic carbocycles. The number of rotatable bonds is 5. The van der Waals surface area contributed by atoms with E-state index in [4.69, 9.17) is 13.9 Å². The van der Waals surface area contributed by atoms with E-state index in [0.29, 0.717) is 28.8 Å². The highest BCUT2D eigenvalue weighted by Crippen LogP contribution is 2.32. The van der Waals surface area contributed by atoms with Gasteiger partial charge in [-0.3, -0.25) is 4.40 Å². The Labute approximate surface area is 150 Å². The lowest BCUT2D eigenvalue weighted by Crippen LogP contribution is -1.92. The fourth-order valence-electron chi connectivity index (χ4n) is 2.75. The highest BCUT2D eigenvalue weighted by molar-refractivity contribution is 5.85. The first-order valence-electron chi connectivity index (χ1n) is 8.07. The molecule has 0 aliphatic carbocycles. The molecule has 3 heterocycles. The summed E-state index contributed by atoms with van der Waals surface area (Å²) in [7, 11) is 3.22. The number of hydrogen-bond acceptors (Lipinski definition) is 5. The van der Waals surface area contributed by atoms with Crippen molar-refractivity contribution < 1.29 is 13.9 Å². The van der Waals surface area contributed by atoms with Crippen molar-refractivity contribution in [2.45, 2.75) is 0 Å². The number of imidazole rings is 1. The number of hydrogen-bond donors (Lipinski definition) is 0. The maximum Gasteiger partial charge on any atom is 0.168 e. The summed E-state index contributed by atoms with van der Waals surface area (Å²) in [5, 5.41) is 0. The third-order valence-corrected chi connectivity index (χ3v) is 4.00. The van der Waals surface area contributed by atoms with E-state index in [9.17, 15) is 0 Å². The Morgan fingerprint density at radius 3 is 2.69 bits per heavy atom. The summed E-state index contributed by atoms with van der Waals surface area (Å²) in [6, 6.07) is 15.2. The van der Waals surface area contributed by atoms with Crippen LogP contribution in [0.1, 0.15) is 5.56 Å². The molecule has 0 aliphatic rings. The molecule has 0 bridgehead atoms. The zero-order valence-electron chi connectivity index (χ0n) is 14.4. The lowest BCUT2D eigenvalue weighted by molar-refractivity contribution is 0.355. The molecule has 3 aromatic heterocycles. The number of pyridine rings is 1. The second kappa shape index (κ2) is 6.76. The average molecular weight is 347 g/mol. The molecule has 0 amide bonds. The maximum atomic E-state index is 5.52. The summed E-state index contributed by atoms with van der Waals surface area (Å²) < 4.78 is 18.1. The Bertz CT molecular complexity index is 1070. The van der Waals surface area contributed by atoms with E-state index < -0.39 is 0 Å². The van der Waals surface area contributed by atoms with E-state index in [-0.39, 0.29) is 0 Å². The van der Waals surface area contributed by atoms with Crippen LogP contribution in [0.3, 0.4) is 0 Å². The molecule has 6 heteroatoms. The lowest BCUT2D eigenvalue weighted by Gasteiger charge is -2.07. The van der Waals surface area contributed by atoms with E-state index in [1.807, 2.05) is 59.1 Å². The third-order valence-electron chi connectivity index (χ3n) is 4.00. The summed E-state index contributed by atoms with van der Waals surface area (Å²) in [6.07, 6.45) is 5.32. The Hall–Kier alpha value is -3.54. The molecule has 6 nitrogen and oxygen atoms in total. The first kappa shape index (κ1) is 16.0. The van der Waals surface area contributed by atoms with E-state index in [2.05, 4.69) is 9.98 Å². The second-order valence-electron chi connectivity index (χ2n) is 5.56. The van der Waals surface area contributed by atoms with Crippen molar-refractivity contribution >= 4 is 17.7 Å². The maximum absolute atomic E-state index is 5.52. The van der Waals surface area contributed by atoms with Crippen LogP contribution in [0.4, 0.5) is 5.82 Å².